The molecule has 1 aliphatic heterocycles. The maximum absolute atomic E-state index is 13.9. The highest BCUT2D eigenvalue weighted by atomic mass is 32.1. The summed E-state index contributed by atoms with van der Waals surface area (Å²) >= 11 is 1.50. The average molecular weight is 407 g/mol. The Morgan fingerprint density at radius 2 is 2.14 bits per heavy atom. The lowest BCUT2D eigenvalue weighted by atomic mass is 9.98. The van der Waals surface area contributed by atoms with Crippen LogP contribution < -0.4 is 5.32 Å². The van der Waals surface area contributed by atoms with Gasteiger partial charge in [-0.3, -0.25) is 9.59 Å². The largest absolute Gasteiger partial charge is 0.350 e. The molecule has 1 N–H and O–H groups in total. The molecule has 0 saturated carbocycles. The number of amides is 2. The lowest BCUT2D eigenvalue weighted by Gasteiger charge is -2.32. The van der Waals surface area contributed by atoms with E-state index >= 15 is 0 Å². The first-order valence-corrected chi connectivity index (χ1v) is 10.2. The van der Waals surface area contributed by atoms with Gasteiger partial charge in [-0.05, 0) is 31.0 Å². The molecule has 2 aromatic rings. The second-order valence-electron chi connectivity index (χ2n) is 7.26. The predicted molar refractivity (Wildman–Crippen MR) is 103 cm³/mol. The Hall–Kier alpha value is -2.35. The number of piperidine rings is 1. The van der Waals surface area contributed by atoms with Crippen molar-refractivity contribution < 1.29 is 18.4 Å². The zero-order valence-corrected chi connectivity index (χ0v) is 16.7. The fourth-order valence-corrected chi connectivity index (χ4v) is 4.12. The van der Waals surface area contributed by atoms with Crippen LogP contribution in [0.5, 0.6) is 0 Å². The zero-order chi connectivity index (χ0) is 20.3. The van der Waals surface area contributed by atoms with Gasteiger partial charge in [0.2, 0.25) is 5.91 Å². The third-order valence-corrected chi connectivity index (χ3v) is 5.81. The Balaban J connectivity index is 1.66. The average Bonchev–Trinajstić information content (AvgIpc) is 3.16. The number of hydrogen-bond donors (Lipinski definition) is 1. The summed E-state index contributed by atoms with van der Waals surface area (Å²) in [6.07, 6.45) is 1.65. The monoisotopic (exact) mass is 407 g/mol. The molecule has 2 amide bonds. The molecule has 1 unspecified atom stereocenters. The summed E-state index contributed by atoms with van der Waals surface area (Å²) in [7, 11) is 0. The van der Waals surface area contributed by atoms with Gasteiger partial charge in [-0.1, -0.05) is 13.8 Å². The van der Waals surface area contributed by atoms with Gasteiger partial charge >= 0.3 is 0 Å². The molecule has 0 bridgehead atoms. The number of aromatic nitrogens is 1. The number of nitrogens with one attached hydrogen (secondary N) is 1. The van der Waals surface area contributed by atoms with Crippen LogP contribution in [0.3, 0.4) is 0 Å². The number of thiazole rings is 1. The minimum atomic E-state index is -0.717. The molecule has 1 aromatic heterocycles. The zero-order valence-electron chi connectivity index (χ0n) is 15.9. The first-order valence-electron chi connectivity index (χ1n) is 9.31. The van der Waals surface area contributed by atoms with Crippen LogP contribution in [-0.4, -0.2) is 34.8 Å². The van der Waals surface area contributed by atoms with E-state index in [1.54, 1.807) is 4.90 Å². The normalized spacial score (nSPS) is 17.0. The van der Waals surface area contributed by atoms with E-state index in [0.29, 0.717) is 19.6 Å². The molecule has 5 nitrogen and oxygen atoms in total. The topological polar surface area (TPSA) is 62.3 Å². The van der Waals surface area contributed by atoms with Crippen LogP contribution >= 0.6 is 11.3 Å². The minimum absolute atomic E-state index is 0.0268. The van der Waals surface area contributed by atoms with E-state index in [-0.39, 0.29) is 23.3 Å². The Morgan fingerprint density at radius 1 is 1.36 bits per heavy atom. The first kappa shape index (κ1) is 20.4. The molecule has 1 fully saturated rings. The number of nitrogens with zero attached hydrogens (tertiary/aromatic N) is 2. The lowest BCUT2D eigenvalue weighted by Crippen LogP contribution is -2.39. The Bertz CT molecular complexity index is 869. The molecule has 1 atom stereocenters. The van der Waals surface area contributed by atoms with Crippen LogP contribution in [0.2, 0.25) is 0 Å². The molecule has 0 radical (unpaired) electrons. The van der Waals surface area contributed by atoms with Gasteiger partial charge in [0.15, 0.2) is 0 Å². The molecule has 1 saturated heterocycles. The van der Waals surface area contributed by atoms with Crippen molar-refractivity contribution >= 4 is 23.2 Å². The van der Waals surface area contributed by atoms with Crippen molar-refractivity contribution in [3.05, 3.63) is 51.5 Å². The Kier molecular flexibility index (Phi) is 6.39. The van der Waals surface area contributed by atoms with Crippen molar-refractivity contribution in [2.24, 2.45) is 5.92 Å². The second kappa shape index (κ2) is 8.77. The molecular formula is C20H23F2N3O2S. The molecule has 8 heteroatoms. The molecule has 28 heavy (non-hydrogen) atoms. The van der Waals surface area contributed by atoms with E-state index in [4.69, 9.17) is 0 Å². The number of likely N-dealkylation sites (tertiary alicyclic amines) is 1. The molecule has 1 aliphatic rings. The van der Waals surface area contributed by atoms with Gasteiger partial charge in [-0.25, -0.2) is 13.8 Å². The summed E-state index contributed by atoms with van der Waals surface area (Å²) in [6, 6.07) is 2.92. The molecule has 150 valence electrons. The molecule has 0 spiro atoms. The molecule has 0 aliphatic carbocycles. The van der Waals surface area contributed by atoms with Gasteiger partial charge in [0, 0.05) is 30.3 Å². The number of carbonyl (C=O) groups excluding carboxylic acids is 2. The van der Waals surface area contributed by atoms with Crippen LogP contribution in [0, 0.1) is 17.6 Å². The van der Waals surface area contributed by atoms with Crippen molar-refractivity contribution in [2.45, 2.75) is 39.2 Å². The Labute approximate surface area is 166 Å². The van der Waals surface area contributed by atoms with E-state index in [2.05, 4.69) is 10.3 Å². The van der Waals surface area contributed by atoms with Crippen LogP contribution in [0.15, 0.2) is 23.6 Å². The van der Waals surface area contributed by atoms with Gasteiger partial charge < -0.3 is 10.2 Å². The van der Waals surface area contributed by atoms with Gasteiger partial charge in [0.05, 0.1) is 22.8 Å². The predicted octanol–water partition coefficient (Wildman–Crippen LogP) is 3.71. The third-order valence-electron chi connectivity index (χ3n) is 4.75. The summed E-state index contributed by atoms with van der Waals surface area (Å²) in [6.45, 7) is 4.96. The lowest BCUT2D eigenvalue weighted by molar-refractivity contribution is -0.124. The molecule has 1 aromatic carbocycles. The van der Waals surface area contributed by atoms with Gasteiger partial charge in [0.25, 0.3) is 5.91 Å². The van der Waals surface area contributed by atoms with Crippen LogP contribution in [0.4, 0.5) is 8.78 Å². The fourth-order valence-electron chi connectivity index (χ4n) is 3.17. The molecule has 2 heterocycles. The van der Waals surface area contributed by atoms with E-state index in [1.165, 1.54) is 11.3 Å². The highest BCUT2D eigenvalue weighted by molar-refractivity contribution is 7.09. The van der Waals surface area contributed by atoms with E-state index < -0.39 is 17.5 Å². The highest BCUT2D eigenvalue weighted by Gasteiger charge is 2.28. The second-order valence-corrected chi connectivity index (χ2v) is 8.15. The summed E-state index contributed by atoms with van der Waals surface area (Å²) in [4.78, 5) is 30.5. The molecule has 3 rings (SSSR count). The summed E-state index contributed by atoms with van der Waals surface area (Å²) in [5.41, 5.74) is 0.547. The van der Waals surface area contributed by atoms with Crippen molar-refractivity contribution in [2.75, 3.05) is 13.1 Å². The SMILES string of the molecule is CC(C)C(=O)NCc1csc(C2CCCN(C(=O)c3cc(F)ccc3F)C2)n1. The summed E-state index contributed by atoms with van der Waals surface area (Å²) in [5, 5.41) is 5.64. The standard InChI is InChI=1S/C20H23F2N3O2S/c1-12(2)18(26)23-9-15-11-28-19(24-15)13-4-3-7-25(10-13)20(27)16-8-14(21)5-6-17(16)22/h5-6,8,11-13H,3-4,7,9-10H2,1-2H3,(H,23,26). The number of carbonyl (C=O) groups is 2. The van der Waals surface area contributed by atoms with E-state index in [9.17, 15) is 18.4 Å². The van der Waals surface area contributed by atoms with Gasteiger partial charge in [-0.2, -0.15) is 0 Å². The Morgan fingerprint density at radius 3 is 2.89 bits per heavy atom. The van der Waals surface area contributed by atoms with Crippen molar-refractivity contribution in [1.82, 2.24) is 15.2 Å². The number of benzene rings is 1. The number of rotatable bonds is 5. The van der Waals surface area contributed by atoms with Crippen LogP contribution in [0.25, 0.3) is 0 Å². The number of halogens is 2. The maximum atomic E-state index is 13.9. The van der Waals surface area contributed by atoms with Gasteiger partial charge in [-0.15, -0.1) is 11.3 Å². The van der Waals surface area contributed by atoms with Gasteiger partial charge in [0.1, 0.15) is 11.6 Å². The smallest absolute Gasteiger partial charge is 0.256 e. The summed E-state index contributed by atoms with van der Waals surface area (Å²) < 4.78 is 27.4. The number of hydrogen-bond acceptors (Lipinski definition) is 4. The van der Waals surface area contributed by atoms with E-state index in [0.717, 1.165) is 41.7 Å². The highest BCUT2D eigenvalue weighted by Crippen LogP contribution is 2.30. The molecular weight excluding hydrogens is 384 g/mol. The van der Waals surface area contributed by atoms with Crippen molar-refractivity contribution in [3.8, 4) is 0 Å². The fraction of sp³-hybridized carbons (Fsp3) is 0.450. The quantitative estimate of drug-likeness (QED) is 0.822. The van der Waals surface area contributed by atoms with Crippen LogP contribution in [-0.2, 0) is 11.3 Å². The maximum Gasteiger partial charge on any atom is 0.256 e. The van der Waals surface area contributed by atoms with Crippen LogP contribution in [0.1, 0.15) is 53.7 Å². The third kappa shape index (κ3) is 4.73. The van der Waals surface area contributed by atoms with Crippen molar-refractivity contribution in [1.29, 1.82) is 0 Å². The first-order chi connectivity index (χ1) is 13.3. The van der Waals surface area contributed by atoms with E-state index in [1.807, 2.05) is 19.2 Å². The summed E-state index contributed by atoms with van der Waals surface area (Å²) in [5.74, 6) is -1.91. The minimum Gasteiger partial charge on any atom is -0.350 e. The van der Waals surface area contributed by atoms with Crippen molar-refractivity contribution in [3.63, 3.8) is 0 Å².